The Hall–Kier alpha value is -2.49. The number of benzene rings is 1. The Balaban J connectivity index is 1.40. The maximum absolute atomic E-state index is 13.0. The highest BCUT2D eigenvalue weighted by molar-refractivity contribution is 7.89. The van der Waals surface area contributed by atoms with Crippen LogP contribution in [0, 0.1) is 6.92 Å². The molecule has 0 aliphatic carbocycles. The summed E-state index contributed by atoms with van der Waals surface area (Å²) in [5.41, 5.74) is 2.41. The number of hydrogen-bond acceptors (Lipinski definition) is 5. The SMILES string of the molecule is Cc1nc(-c2cc(C(=O)N3CCC(NS(=O)(=O)c4ccccc4)CC3)n(C)c2)cs1. The molecule has 0 bridgehead atoms. The summed E-state index contributed by atoms with van der Waals surface area (Å²) in [6.45, 7) is 2.98. The Morgan fingerprint density at radius 3 is 2.53 bits per heavy atom. The maximum atomic E-state index is 13.0. The molecule has 4 rings (SSSR count). The molecule has 1 aliphatic heterocycles. The fourth-order valence-corrected chi connectivity index (χ4v) is 5.61. The van der Waals surface area contributed by atoms with E-state index in [2.05, 4.69) is 9.71 Å². The average molecular weight is 445 g/mol. The van der Waals surface area contributed by atoms with E-state index in [4.69, 9.17) is 0 Å². The number of sulfonamides is 1. The molecule has 1 saturated heterocycles. The summed E-state index contributed by atoms with van der Waals surface area (Å²) in [4.78, 5) is 19.6. The van der Waals surface area contributed by atoms with E-state index < -0.39 is 10.0 Å². The first-order chi connectivity index (χ1) is 14.3. The normalized spacial score (nSPS) is 15.5. The van der Waals surface area contributed by atoms with Gasteiger partial charge in [-0.2, -0.15) is 0 Å². The quantitative estimate of drug-likeness (QED) is 0.656. The number of carbonyl (C=O) groups is 1. The summed E-state index contributed by atoms with van der Waals surface area (Å²) in [6, 6.07) is 10.1. The predicted octanol–water partition coefficient (Wildman–Crippen LogP) is 3.04. The third-order valence-electron chi connectivity index (χ3n) is 5.30. The minimum atomic E-state index is -3.55. The lowest BCUT2D eigenvalue weighted by molar-refractivity contribution is 0.0701. The summed E-state index contributed by atoms with van der Waals surface area (Å²) < 4.78 is 29.6. The second-order valence-corrected chi connectivity index (χ2v) is 10.3. The molecule has 0 saturated carbocycles. The minimum Gasteiger partial charge on any atom is -0.346 e. The molecule has 0 radical (unpaired) electrons. The second-order valence-electron chi connectivity index (χ2n) is 7.48. The van der Waals surface area contributed by atoms with Gasteiger partial charge in [0.05, 0.1) is 15.6 Å². The molecule has 2 aromatic heterocycles. The van der Waals surface area contributed by atoms with E-state index in [9.17, 15) is 13.2 Å². The number of thiazole rings is 1. The Morgan fingerprint density at radius 1 is 1.20 bits per heavy atom. The number of nitrogens with one attached hydrogen (secondary N) is 1. The van der Waals surface area contributed by atoms with E-state index in [-0.39, 0.29) is 16.8 Å². The third kappa shape index (κ3) is 4.33. The number of hydrogen-bond donors (Lipinski definition) is 1. The molecule has 0 spiro atoms. The van der Waals surface area contributed by atoms with Gasteiger partial charge < -0.3 is 9.47 Å². The maximum Gasteiger partial charge on any atom is 0.270 e. The largest absolute Gasteiger partial charge is 0.346 e. The first-order valence-electron chi connectivity index (χ1n) is 9.79. The lowest BCUT2D eigenvalue weighted by Crippen LogP contribution is -2.46. The molecule has 1 amide bonds. The van der Waals surface area contributed by atoms with Crippen LogP contribution in [0.3, 0.4) is 0 Å². The molecule has 1 aliphatic rings. The average Bonchev–Trinajstić information content (AvgIpc) is 3.34. The number of aryl methyl sites for hydroxylation is 2. The highest BCUT2D eigenvalue weighted by atomic mass is 32.2. The molecular weight excluding hydrogens is 420 g/mol. The molecule has 9 heteroatoms. The zero-order chi connectivity index (χ0) is 21.3. The number of amides is 1. The van der Waals surface area contributed by atoms with Crippen molar-refractivity contribution in [1.29, 1.82) is 0 Å². The minimum absolute atomic E-state index is 0.0416. The summed E-state index contributed by atoms with van der Waals surface area (Å²) in [7, 11) is -1.69. The molecule has 158 valence electrons. The summed E-state index contributed by atoms with van der Waals surface area (Å²) in [6.07, 6.45) is 3.09. The highest BCUT2D eigenvalue weighted by Gasteiger charge is 2.28. The van der Waals surface area contributed by atoms with Gasteiger partial charge >= 0.3 is 0 Å². The second kappa shape index (κ2) is 8.33. The van der Waals surface area contributed by atoms with Crippen LogP contribution in [0.4, 0.5) is 0 Å². The van der Waals surface area contributed by atoms with Gasteiger partial charge in [0.15, 0.2) is 0 Å². The third-order valence-corrected chi connectivity index (χ3v) is 7.61. The van der Waals surface area contributed by atoms with Crippen LogP contribution < -0.4 is 4.72 Å². The van der Waals surface area contributed by atoms with Crippen molar-refractivity contribution in [2.45, 2.75) is 30.7 Å². The van der Waals surface area contributed by atoms with Gasteiger partial charge in [0.25, 0.3) is 5.91 Å². The van der Waals surface area contributed by atoms with Gasteiger partial charge in [-0.1, -0.05) is 18.2 Å². The van der Waals surface area contributed by atoms with Crippen LogP contribution in [0.15, 0.2) is 52.9 Å². The topological polar surface area (TPSA) is 84.3 Å². The van der Waals surface area contributed by atoms with Crippen LogP contribution in [0.1, 0.15) is 28.3 Å². The van der Waals surface area contributed by atoms with Gasteiger partial charge in [-0.05, 0) is 38.0 Å². The molecule has 3 aromatic rings. The molecule has 3 heterocycles. The van der Waals surface area contributed by atoms with Crippen LogP contribution in [0.2, 0.25) is 0 Å². The van der Waals surface area contributed by atoms with E-state index in [1.165, 1.54) is 0 Å². The molecule has 30 heavy (non-hydrogen) atoms. The summed E-state index contributed by atoms with van der Waals surface area (Å²) >= 11 is 1.58. The molecular formula is C21H24N4O3S2. The van der Waals surface area contributed by atoms with E-state index in [0.29, 0.717) is 31.6 Å². The fourth-order valence-electron chi connectivity index (χ4n) is 3.66. The number of nitrogens with zero attached hydrogens (tertiary/aromatic N) is 3. The van der Waals surface area contributed by atoms with Gasteiger partial charge in [-0.3, -0.25) is 4.79 Å². The zero-order valence-corrected chi connectivity index (χ0v) is 18.5. The first-order valence-corrected chi connectivity index (χ1v) is 12.2. The lowest BCUT2D eigenvalue weighted by Gasteiger charge is -2.32. The zero-order valence-electron chi connectivity index (χ0n) is 16.9. The van der Waals surface area contributed by atoms with Crippen molar-refractivity contribution < 1.29 is 13.2 Å². The molecule has 1 fully saturated rings. The molecule has 1 aromatic carbocycles. The summed E-state index contributed by atoms with van der Waals surface area (Å²) in [5.74, 6) is -0.0416. The highest BCUT2D eigenvalue weighted by Crippen LogP contribution is 2.25. The van der Waals surface area contributed by atoms with Crippen molar-refractivity contribution in [3.63, 3.8) is 0 Å². The monoisotopic (exact) mass is 444 g/mol. The first kappa shape index (κ1) is 20.8. The van der Waals surface area contributed by atoms with Crippen molar-refractivity contribution in [2.24, 2.45) is 7.05 Å². The molecule has 7 nitrogen and oxygen atoms in total. The fraction of sp³-hybridized carbons (Fsp3) is 0.333. The molecule has 0 unspecified atom stereocenters. The number of rotatable bonds is 5. The molecule has 1 N–H and O–H groups in total. The van der Waals surface area contributed by atoms with Crippen molar-refractivity contribution in [3.05, 3.63) is 58.7 Å². The van der Waals surface area contributed by atoms with Crippen LogP contribution >= 0.6 is 11.3 Å². The van der Waals surface area contributed by atoms with Crippen LogP contribution in [0.25, 0.3) is 11.3 Å². The number of aromatic nitrogens is 2. The van der Waals surface area contributed by atoms with E-state index in [1.54, 1.807) is 46.6 Å². The Bertz CT molecular complexity index is 1140. The standard InChI is InChI=1S/C21H24N4O3S2/c1-15-22-19(14-29-15)16-12-20(24(2)13-16)21(26)25-10-8-17(9-11-25)23-30(27,28)18-6-4-3-5-7-18/h3-7,12-14,17,23H,8-11H2,1-2H3. The van der Waals surface area contributed by atoms with Gasteiger partial charge in [0, 0.05) is 43.3 Å². The van der Waals surface area contributed by atoms with E-state index in [0.717, 1.165) is 16.3 Å². The van der Waals surface area contributed by atoms with Crippen LogP contribution in [0.5, 0.6) is 0 Å². The van der Waals surface area contributed by atoms with E-state index in [1.807, 2.05) is 36.2 Å². The van der Waals surface area contributed by atoms with Crippen molar-refractivity contribution in [1.82, 2.24) is 19.2 Å². The van der Waals surface area contributed by atoms with Gasteiger partial charge in [-0.25, -0.2) is 18.1 Å². The van der Waals surface area contributed by atoms with Crippen molar-refractivity contribution in [3.8, 4) is 11.3 Å². The van der Waals surface area contributed by atoms with Crippen LogP contribution in [-0.4, -0.2) is 47.9 Å². The van der Waals surface area contributed by atoms with E-state index >= 15 is 0 Å². The Kier molecular flexibility index (Phi) is 5.77. The lowest BCUT2D eigenvalue weighted by atomic mass is 10.1. The number of piperidine rings is 1. The predicted molar refractivity (Wildman–Crippen MR) is 117 cm³/mol. The van der Waals surface area contributed by atoms with Gasteiger partial charge in [0.1, 0.15) is 5.69 Å². The number of likely N-dealkylation sites (tertiary alicyclic amines) is 1. The van der Waals surface area contributed by atoms with Gasteiger partial charge in [0.2, 0.25) is 10.0 Å². The Morgan fingerprint density at radius 2 is 1.90 bits per heavy atom. The van der Waals surface area contributed by atoms with Crippen molar-refractivity contribution in [2.75, 3.05) is 13.1 Å². The van der Waals surface area contributed by atoms with Crippen molar-refractivity contribution >= 4 is 27.3 Å². The van der Waals surface area contributed by atoms with Crippen LogP contribution in [-0.2, 0) is 17.1 Å². The summed E-state index contributed by atoms with van der Waals surface area (Å²) in [5, 5.41) is 2.98. The number of carbonyl (C=O) groups excluding carboxylic acids is 1. The molecule has 0 atom stereocenters. The smallest absolute Gasteiger partial charge is 0.270 e. The Labute approximate surface area is 180 Å². The van der Waals surface area contributed by atoms with Gasteiger partial charge in [-0.15, -0.1) is 11.3 Å².